The number of piperazine rings is 1. The van der Waals surface area contributed by atoms with E-state index in [1.807, 2.05) is 42.8 Å². The number of rotatable bonds is 5. The maximum atomic E-state index is 13.4. The molecule has 1 saturated heterocycles. The molecule has 0 saturated carbocycles. The second-order valence-corrected chi connectivity index (χ2v) is 8.85. The summed E-state index contributed by atoms with van der Waals surface area (Å²) in [6, 6.07) is 6.33. The molecular formula is C25H29N7O2. The van der Waals surface area contributed by atoms with E-state index in [0.717, 1.165) is 35.6 Å². The summed E-state index contributed by atoms with van der Waals surface area (Å²) >= 11 is 0. The minimum Gasteiger partial charge on any atom is -0.490 e. The number of amides is 1. The predicted octanol–water partition coefficient (Wildman–Crippen LogP) is 3.42. The molecule has 176 valence electrons. The van der Waals surface area contributed by atoms with Crippen molar-refractivity contribution >= 4 is 34.0 Å². The minimum absolute atomic E-state index is 0.252. The molecule has 1 fully saturated rings. The van der Waals surface area contributed by atoms with Crippen molar-refractivity contribution in [1.82, 2.24) is 24.7 Å². The molecule has 9 heteroatoms. The SMILES string of the molecule is CCOc1cc(NC(=O)c2ccc(N3C[C@@H](C)N[C@H](C)C3)c3nccnc23)cn2cc(C)nc12. The van der Waals surface area contributed by atoms with Crippen LogP contribution in [0.1, 0.15) is 36.8 Å². The summed E-state index contributed by atoms with van der Waals surface area (Å²) in [5.41, 5.74) is 4.99. The van der Waals surface area contributed by atoms with Crippen molar-refractivity contribution in [2.24, 2.45) is 0 Å². The number of nitrogens with one attached hydrogen (secondary N) is 2. The Morgan fingerprint density at radius 2 is 1.88 bits per heavy atom. The summed E-state index contributed by atoms with van der Waals surface area (Å²) in [6.45, 7) is 10.4. The summed E-state index contributed by atoms with van der Waals surface area (Å²) in [5, 5.41) is 6.56. The molecule has 0 aliphatic carbocycles. The van der Waals surface area contributed by atoms with Crippen molar-refractivity contribution in [3.63, 3.8) is 0 Å². The lowest BCUT2D eigenvalue weighted by Crippen LogP contribution is -2.54. The van der Waals surface area contributed by atoms with Gasteiger partial charge >= 0.3 is 0 Å². The molecule has 0 unspecified atom stereocenters. The zero-order chi connectivity index (χ0) is 23.8. The third kappa shape index (κ3) is 4.14. The van der Waals surface area contributed by atoms with Crippen LogP contribution in [-0.2, 0) is 0 Å². The number of hydrogen-bond acceptors (Lipinski definition) is 7. The van der Waals surface area contributed by atoms with Gasteiger partial charge in [0.25, 0.3) is 5.91 Å². The number of pyridine rings is 1. The highest BCUT2D eigenvalue weighted by Gasteiger charge is 2.24. The molecule has 0 spiro atoms. The average molecular weight is 460 g/mol. The second-order valence-electron chi connectivity index (χ2n) is 8.85. The lowest BCUT2D eigenvalue weighted by Gasteiger charge is -2.38. The Balaban J connectivity index is 1.50. The third-order valence-electron chi connectivity index (χ3n) is 5.94. The molecule has 34 heavy (non-hydrogen) atoms. The first-order valence-corrected chi connectivity index (χ1v) is 11.6. The largest absolute Gasteiger partial charge is 0.490 e. The summed E-state index contributed by atoms with van der Waals surface area (Å²) in [4.78, 5) is 29.3. The third-order valence-corrected chi connectivity index (χ3v) is 5.94. The van der Waals surface area contributed by atoms with Gasteiger partial charge < -0.3 is 24.7 Å². The first-order chi connectivity index (χ1) is 16.4. The summed E-state index contributed by atoms with van der Waals surface area (Å²) < 4.78 is 7.63. The molecule has 1 aliphatic rings. The van der Waals surface area contributed by atoms with Crippen LogP contribution in [0, 0.1) is 6.92 Å². The van der Waals surface area contributed by atoms with E-state index in [-0.39, 0.29) is 5.91 Å². The topological polar surface area (TPSA) is 96.7 Å². The molecule has 3 aromatic heterocycles. The predicted molar refractivity (Wildman–Crippen MR) is 133 cm³/mol. The van der Waals surface area contributed by atoms with Gasteiger partial charge in [-0.1, -0.05) is 0 Å². The number of anilines is 2. The maximum Gasteiger partial charge on any atom is 0.257 e. The van der Waals surface area contributed by atoms with Gasteiger partial charge in [-0.15, -0.1) is 0 Å². The molecule has 2 N–H and O–H groups in total. The zero-order valence-corrected chi connectivity index (χ0v) is 19.9. The molecule has 1 amide bonds. The number of benzene rings is 1. The molecule has 0 bridgehead atoms. The van der Waals surface area contributed by atoms with Crippen LogP contribution in [0.4, 0.5) is 11.4 Å². The van der Waals surface area contributed by atoms with Crippen LogP contribution >= 0.6 is 0 Å². The Kier molecular flexibility index (Phi) is 5.79. The number of aryl methyl sites for hydroxylation is 1. The Bertz CT molecular complexity index is 1360. The van der Waals surface area contributed by atoms with E-state index in [9.17, 15) is 4.79 Å². The number of hydrogen-bond donors (Lipinski definition) is 2. The van der Waals surface area contributed by atoms with Crippen molar-refractivity contribution < 1.29 is 9.53 Å². The minimum atomic E-state index is -0.252. The highest BCUT2D eigenvalue weighted by molar-refractivity contribution is 6.13. The molecule has 5 rings (SSSR count). The highest BCUT2D eigenvalue weighted by atomic mass is 16.5. The van der Waals surface area contributed by atoms with Gasteiger partial charge in [-0.3, -0.25) is 14.8 Å². The van der Waals surface area contributed by atoms with Crippen molar-refractivity contribution in [3.8, 4) is 5.75 Å². The smallest absolute Gasteiger partial charge is 0.257 e. The van der Waals surface area contributed by atoms with Crippen molar-refractivity contribution in [3.05, 3.63) is 54.2 Å². The van der Waals surface area contributed by atoms with Crippen LogP contribution in [0.3, 0.4) is 0 Å². The van der Waals surface area contributed by atoms with Gasteiger partial charge in [-0.05, 0) is 39.8 Å². The maximum absolute atomic E-state index is 13.4. The zero-order valence-electron chi connectivity index (χ0n) is 19.9. The van der Waals surface area contributed by atoms with Crippen molar-refractivity contribution in [2.75, 3.05) is 29.9 Å². The molecule has 9 nitrogen and oxygen atoms in total. The molecule has 1 aromatic carbocycles. The monoisotopic (exact) mass is 459 g/mol. The van der Waals surface area contributed by atoms with E-state index < -0.39 is 0 Å². The Labute approximate surface area is 198 Å². The van der Waals surface area contributed by atoms with E-state index >= 15 is 0 Å². The first-order valence-electron chi connectivity index (χ1n) is 11.6. The van der Waals surface area contributed by atoms with E-state index in [2.05, 4.69) is 44.3 Å². The van der Waals surface area contributed by atoms with Crippen LogP contribution in [0.15, 0.2) is 43.0 Å². The number of aromatic nitrogens is 4. The van der Waals surface area contributed by atoms with E-state index in [0.29, 0.717) is 41.2 Å². The van der Waals surface area contributed by atoms with E-state index in [1.54, 1.807) is 18.5 Å². The van der Waals surface area contributed by atoms with Gasteiger partial charge in [0.05, 0.1) is 29.2 Å². The van der Waals surface area contributed by atoms with Gasteiger partial charge in [-0.25, -0.2) is 4.98 Å². The second kappa shape index (κ2) is 8.90. The molecule has 4 heterocycles. The quantitative estimate of drug-likeness (QED) is 0.472. The highest BCUT2D eigenvalue weighted by Crippen LogP contribution is 2.29. The normalized spacial score (nSPS) is 18.4. The van der Waals surface area contributed by atoms with Crippen LogP contribution in [-0.4, -0.2) is 57.0 Å². The standard InChI is InChI=1S/C25H29N7O2/c1-5-34-21-10-18(14-32-13-17(4)29-24(21)32)30-25(33)19-6-7-20(23-22(19)26-8-9-27-23)31-11-15(2)28-16(3)12-31/h6-10,13-16,28H,5,11-12H2,1-4H3,(H,30,33)/t15-,16-/m1/s1. The van der Waals surface area contributed by atoms with Gasteiger partial charge in [0.15, 0.2) is 11.4 Å². The number of carbonyl (C=O) groups excluding carboxylic acids is 1. The fraction of sp³-hybridized carbons (Fsp3) is 0.360. The molecule has 4 aromatic rings. The lowest BCUT2D eigenvalue weighted by molar-refractivity contribution is 0.102. The lowest BCUT2D eigenvalue weighted by atomic mass is 10.1. The number of imidazole rings is 1. The van der Waals surface area contributed by atoms with Crippen molar-refractivity contribution in [2.45, 2.75) is 39.8 Å². The van der Waals surface area contributed by atoms with E-state index in [4.69, 9.17) is 4.74 Å². The van der Waals surface area contributed by atoms with Gasteiger partial charge in [-0.2, -0.15) is 0 Å². The summed E-state index contributed by atoms with van der Waals surface area (Å²) in [5.74, 6) is 0.369. The molecular weight excluding hydrogens is 430 g/mol. The molecule has 0 radical (unpaired) electrons. The number of carbonyl (C=O) groups is 1. The Morgan fingerprint density at radius 3 is 2.62 bits per heavy atom. The van der Waals surface area contributed by atoms with Crippen LogP contribution < -0.4 is 20.3 Å². The number of fused-ring (bicyclic) bond motifs is 2. The van der Waals surface area contributed by atoms with Crippen molar-refractivity contribution in [1.29, 1.82) is 0 Å². The first kappa shape index (κ1) is 22.1. The Morgan fingerprint density at radius 1 is 1.15 bits per heavy atom. The summed E-state index contributed by atoms with van der Waals surface area (Å²) in [6.07, 6.45) is 7.03. The number of nitrogens with zero attached hydrogens (tertiary/aromatic N) is 5. The molecule has 2 atom stereocenters. The van der Waals surface area contributed by atoms with Gasteiger partial charge in [0.2, 0.25) is 0 Å². The fourth-order valence-corrected chi connectivity index (χ4v) is 4.72. The van der Waals surface area contributed by atoms with Gasteiger partial charge in [0.1, 0.15) is 11.0 Å². The van der Waals surface area contributed by atoms with Gasteiger partial charge in [0, 0.05) is 56.0 Å². The van der Waals surface area contributed by atoms with Crippen LogP contribution in [0.25, 0.3) is 16.7 Å². The average Bonchev–Trinajstić information content (AvgIpc) is 3.18. The fourth-order valence-electron chi connectivity index (χ4n) is 4.72. The van der Waals surface area contributed by atoms with Crippen LogP contribution in [0.5, 0.6) is 5.75 Å². The van der Waals surface area contributed by atoms with E-state index in [1.165, 1.54) is 0 Å². The van der Waals surface area contributed by atoms with Crippen LogP contribution in [0.2, 0.25) is 0 Å². The Hall–Kier alpha value is -3.72. The number of ether oxygens (including phenoxy) is 1. The molecule has 1 aliphatic heterocycles. The summed E-state index contributed by atoms with van der Waals surface area (Å²) in [7, 11) is 0.